The molecule has 1 aliphatic rings. The molecule has 3 aromatic rings. The highest BCUT2D eigenvalue weighted by Gasteiger charge is 2.19. The summed E-state index contributed by atoms with van der Waals surface area (Å²) in [6.07, 6.45) is 10.8. The van der Waals surface area contributed by atoms with Crippen LogP contribution in [0.4, 0.5) is 0 Å². The lowest BCUT2D eigenvalue weighted by atomic mass is 10.0. The Morgan fingerprint density at radius 2 is 1.97 bits per heavy atom. The van der Waals surface area contributed by atoms with Gasteiger partial charge in [0.15, 0.2) is 0 Å². The van der Waals surface area contributed by atoms with E-state index in [2.05, 4.69) is 42.6 Å². The molecule has 186 valence electrons. The third kappa shape index (κ3) is 5.94. The van der Waals surface area contributed by atoms with Crippen molar-refractivity contribution in [3.05, 3.63) is 71.8 Å². The van der Waals surface area contributed by atoms with Gasteiger partial charge in [0.25, 0.3) is 0 Å². The predicted octanol–water partition coefficient (Wildman–Crippen LogP) is 2.78. The summed E-state index contributed by atoms with van der Waals surface area (Å²) in [6, 6.07) is 5.99. The summed E-state index contributed by atoms with van der Waals surface area (Å²) in [7, 11) is 1.63. The van der Waals surface area contributed by atoms with E-state index in [1.807, 2.05) is 31.2 Å². The summed E-state index contributed by atoms with van der Waals surface area (Å²) in [5.74, 6) is 2.29. The number of aromatic nitrogens is 4. The molecule has 0 aliphatic carbocycles. The Morgan fingerprint density at radius 1 is 1.19 bits per heavy atom. The second-order valence-corrected chi connectivity index (χ2v) is 8.35. The van der Waals surface area contributed by atoms with Gasteiger partial charge in [0.2, 0.25) is 0 Å². The number of ether oxygens (including phenoxy) is 2. The van der Waals surface area contributed by atoms with Crippen molar-refractivity contribution in [3.8, 4) is 11.8 Å². The third-order valence-corrected chi connectivity index (χ3v) is 6.01. The molecule has 1 aliphatic heterocycles. The predicted molar refractivity (Wildman–Crippen MR) is 137 cm³/mol. The van der Waals surface area contributed by atoms with Crippen molar-refractivity contribution in [2.24, 2.45) is 4.99 Å². The van der Waals surface area contributed by atoms with Crippen LogP contribution < -0.4 is 4.74 Å². The average Bonchev–Trinajstić information content (AvgIpc) is 3.33. The minimum Gasteiger partial charge on any atom is -0.490 e. The van der Waals surface area contributed by atoms with Crippen LogP contribution in [0.3, 0.4) is 0 Å². The first kappa shape index (κ1) is 25.0. The number of piperazine rings is 1. The minimum atomic E-state index is 0.420. The van der Waals surface area contributed by atoms with E-state index in [1.165, 1.54) is 0 Å². The number of hydrogen-bond acceptors (Lipinski definition) is 9. The molecule has 0 N–H and O–H groups in total. The number of aliphatic imine (C=N–C) groups is 1. The summed E-state index contributed by atoms with van der Waals surface area (Å²) in [4.78, 5) is 17.5. The summed E-state index contributed by atoms with van der Waals surface area (Å²) in [6.45, 7) is 10.9. The van der Waals surface area contributed by atoms with Crippen LogP contribution in [0.5, 0.6) is 5.75 Å². The Bertz CT molecular complexity index is 1280. The zero-order chi connectivity index (χ0) is 25.3. The van der Waals surface area contributed by atoms with Gasteiger partial charge in [-0.2, -0.15) is 10.4 Å². The highest BCUT2D eigenvalue weighted by molar-refractivity contribution is 5.82. The largest absolute Gasteiger partial charge is 0.490 e. The maximum Gasteiger partial charge on any atom is 0.142 e. The van der Waals surface area contributed by atoms with Crippen LogP contribution in [0.15, 0.2) is 59.9 Å². The van der Waals surface area contributed by atoms with Crippen LogP contribution in [0.1, 0.15) is 23.9 Å². The number of methoxy groups -OCH3 is 1. The molecule has 4 rings (SSSR count). The molecule has 0 spiro atoms. The van der Waals surface area contributed by atoms with Crippen molar-refractivity contribution in [1.29, 1.82) is 5.26 Å². The molecule has 1 saturated heterocycles. The van der Waals surface area contributed by atoms with Crippen molar-refractivity contribution >= 4 is 17.8 Å². The van der Waals surface area contributed by atoms with E-state index in [9.17, 15) is 5.26 Å². The maximum atomic E-state index is 9.59. The van der Waals surface area contributed by atoms with Gasteiger partial charge in [-0.25, -0.2) is 19.5 Å². The third-order valence-electron chi connectivity index (χ3n) is 6.01. The molecule has 4 heterocycles. The quantitative estimate of drug-likeness (QED) is 0.245. The standard InChI is InChI=1S/C26H30N8O2/c1-20(23-15-22(36-14-13-35-3)18-34-26(23)21(16-27)17-31-34)5-6-25(28-2)33-11-9-32(10-12-33)19-24-29-7-4-8-30-24/h4-8,15,17-18H,2,9-14,19H2,1,3H3/b20-5+,25-6+. The smallest absolute Gasteiger partial charge is 0.142 e. The monoisotopic (exact) mass is 486 g/mol. The maximum absolute atomic E-state index is 9.59. The van der Waals surface area contributed by atoms with E-state index in [0.29, 0.717) is 24.5 Å². The van der Waals surface area contributed by atoms with Gasteiger partial charge >= 0.3 is 0 Å². The highest BCUT2D eigenvalue weighted by Crippen LogP contribution is 2.28. The van der Waals surface area contributed by atoms with Crippen molar-refractivity contribution in [1.82, 2.24) is 29.4 Å². The second-order valence-electron chi connectivity index (χ2n) is 8.35. The number of allylic oxidation sites excluding steroid dienone is 3. The molecule has 0 bridgehead atoms. The zero-order valence-electron chi connectivity index (χ0n) is 20.7. The Labute approximate surface area is 210 Å². The molecule has 0 radical (unpaired) electrons. The lowest BCUT2D eigenvalue weighted by Gasteiger charge is -2.35. The van der Waals surface area contributed by atoms with Crippen LogP contribution in [0.25, 0.3) is 11.1 Å². The molecule has 10 nitrogen and oxygen atoms in total. The second kappa shape index (κ2) is 12.1. The summed E-state index contributed by atoms with van der Waals surface area (Å²) in [5.41, 5.74) is 3.07. The van der Waals surface area contributed by atoms with Crippen molar-refractivity contribution in [3.63, 3.8) is 0 Å². The summed E-state index contributed by atoms with van der Waals surface area (Å²) < 4.78 is 12.6. The molecule has 0 amide bonds. The molecule has 0 aromatic carbocycles. The number of rotatable bonds is 10. The first-order valence-corrected chi connectivity index (χ1v) is 11.7. The lowest BCUT2D eigenvalue weighted by Crippen LogP contribution is -2.45. The van der Waals surface area contributed by atoms with Gasteiger partial charge in [0.05, 0.1) is 36.6 Å². The number of hydrogen-bond donors (Lipinski definition) is 0. The van der Waals surface area contributed by atoms with Gasteiger partial charge < -0.3 is 14.4 Å². The number of pyridine rings is 1. The molecule has 3 aromatic heterocycles. The van der Waals surface area contributed by atoms with Gasteiger partial charge in [-0.15, -0.1) is 0 Å². The zero-order valence-corrected chi connectivity index (χ0v) is 20.7. The van der Waals surface area contributed by atoms with E-state index >= 15 is 0 Å². The molecular formula is C26H30N8O2. The van der Waals surface area contributed by atoms with Crippen molar-refractivity contribution in [2.45, 2.75) is 13.5 Å². The van der Waals surface area contributed by atoms with Crippen LogP contribution in [0, 0.1) is 11.3 Å². The molecule has 1 fully saturated rings. The Balaban J connectivity index is 1.51. The van der Waals surface area contributed by atoms with Crippen LogP contribution in [0.2, 0.25) is 0 Å². The molecule has 0 saturated carbocycles. The van der Waals surface area contributed by atoms with Crippen LogP contribution in [-0.2, 0) is 11.3 Å². The van der Waals surface area contributed by atoms with Crippen LogP contribution >= 0.6 is 0 Å². The van der Waals surface area contributed by atoms with Crippen LogP contribution in [-0.4, -0.2) is 82.6 Å². The summed E-state index contributed by atoms with van der Waals surface area (Å²) >= 11 is 0. The Morgan fingerprint density at radius 3 is 2.67 bits per heavy atom. The average molecular weight is 487 g/mol. The Hall–Kier alpha value is -4.07. The normalized spacial score (nSPS) is 15.2. The molecular weight excluding hydrogens is 456 g/mol. The molecule has 0 unspecified atom stereocenters. The van der Waals surface area contributed by atoms with E-state index in [-0.39, 0.29) is 0 Å². The van der Waals surface area contributed by atoms with Gasteiger partial charge in [-0.3, -0.25) is 4.90 Å². The van der Waals surface area contributed by atoms with Gasteiger partial charge in [0.1, 0.15) is 30.1 Å². The number of nitrogens with zero attached hydrogens (tertiary/aromatic N) is 8. The fourth-order valence-electron chi connectivity index (χ4n) is 4.10. The fraction of sp³-hybridized carbons (Fsp3) is 0.346. The molecule has 0 atom stereocenters. The lowest BCUT2D eigenvalue weighted by molar-refractivity contribution is 0.146. The first-order valence-electron chi connectivity index (χ1n) is 11.7. The SMILES string of the molecule is C=N/C(=C\C=C(/C)c1cc(OCCOC)cn2ncc(C#N)c12)N1CCN(Cc2ncccn2)CC1. The van der Waals surface area contributed by atoms with Gasteiger partial charge in [-0.1, -0.05) is 6.08 Å². The Kier molecular flexibility index (Phi) is 8.39. The van der Waals surface area contributed by atoms with Crippen molar-refractivity contribution in [2.75, 3.05) is 46.5 Å². The van der Waals surface area contributed by atoms with Crippen molar-refractivity contribution < 1.29 is 9.47 Å². The molecule has 36 heavy (non-hydrogen) atoms. The topological polar surface area (TPSA) is 104 Å². The van der Waals surface area contributed by atoms with E-state index < -0.39 is 0 Å². The highest BCUT2D eigenvalue weighted by atomic mass is 16.5. The van der Waals surface area contributed by atoms with Gasteiger partial charge in [0, 0.05) is 51.2 Å². The van der Waals surface area contributed by atoms with E-state index in [0.717, 1.165) is 61.0 Å². The van der Waals surface area contributed by atoms with E-state index in [4.69, 9.17) is 9.47 Å². The molecule has 10 heteroatoms. The number of nitriles is 1. The summed E-state index contributed by atoms with van der Waals surface area (Å²) in [5, 5.41) is 13.9. The minimum absolute atomic E-state index is 0.420. The van der Waals surface area contributed by atoms with E-state index in [1.54, 1.807) is 36.4 Å². The fourth-order valence-corrected chi connectivity index (χ4v) is 4.10. The van der Waals surface area contributed by atoms with Gasteiger partial charge in [-0.05, 0) is 37.4 Å². The number of fused-ring (bicyclic) bond motifs is 1. The first-order chi connectivity index (χ1) is 17.6.